The summed E-state index contributed by atoms with van der Waals surface area (Å²) >= 11 is 1.42. The van der Waals surface area contributed by atoms with Crippen LogP contribution in [-0.2, 0) is 9.59 Å². The zero-order valence-corrected chi connectivity index (χ0v) is 14.2. The minimum atomic E-state index is -0.277. The molecule has 2 aliphatic rings. The molecule has 1 aliphatic carbocycles. The summed E-state index contributed by atoms with van der Waals surface area (Å²) in [4.78, 5) is 36.0. The number of aromatic nitrogens is 2. The Hall–Kier alpha value is -2.28. The summed E-state index contributed by atoms with van der Waals surface area (Å²) in [5, 5.41) is 3.44. The van der Waals surface area contributed by atoms with Crippen LogP contribution in [0.5, 0.6) is 0 Å². The van der Waals surface area contributed by atoms with Crippen LogP contribution in [-0.4, -0.2) is 39.3 Å². The van der Waals surface area contributed by atoms with Crippen LogP contribution in [0, 0.1) is 12.8 Å². The average Bonchev–Trinajstić information content (AvgIpc) is 3.25. The van der Waals surface area contributed by atoms with Crippen LogP contribution in [0.3, 0.4) is 0 Å². The fraction of sp³-hybridized carbons (Fsp3) is 0.412. The summed E-state index contributed by atoms with van der Waals surface area (Å²) in [5.74, 6) is -0.296. The molecule has 1 aliphatic heterocycles. The minimum absolute atomic E-state index is 0.0992. The molecule has 4 rings (SSSR count). The Morgan fingerprint density at radius 2 is 2.21 bits per heavy atom. The predicted octanol–water partition coefficient (Wildman–Crippen LogP) is 2.46. The molecule has 2 amide bonds. The predicted molar refractivity (Wildman–Crippen MR) is 91.6 cm³/mol. The summed E-state index contributed by atoms with van der Waals surface area (Å²) in [6, 6.07) is 6.09. The molecule has 0 spiro atoms. The number of nitrogens with zero attached hydrogens (tertiary/aromatic N) is 3. The van der Waals surface area contributed by atoms with Gasteiger partial charge in [0.2, 0.25) is 11.8 Å². The van der Waals surface area contributed by atoms with Crippen LogP contribution in [0.25, 0.3) is 10.6 Å². The summed E-state index contributed by atoms with van der Waals surface area (Å²) in [7, 11) is 0. The van der Waals surface area contributed by atoms with Crippen molar-refractivity contribution >= 4 is 28.3 Å². The SMILES string of the molecule is Cc1nc(NC(=O)[C@@H]2CC(=O)N(C3CC3)C2)sc1-c1ccccn1. The van der Waals surface area contributed by atoms with Gasteiger partial charge in [0.05, 0.1) is 22.2 Å². The molecular weight excluding hydrogens is 324 g/mol. The quantitative estimate of drug-likeness (QED) is 0.926. The van der Waals surface area contributed by atoms with Gasteiger partial charge in [0, 0.05) is 25.2 Å². The molecule has 0 radical (unpaired) electrons. The van der Waals surface area contributed by atoms with E-state index in [2.05, 4.69) is 15.3 Å². The second-order valence-electron chi connectivity index (χ2n) is 6.32. The largest absolute Gasteiger partial charge is 0.339 e. The van der Waals surface area contributed by atoms with Crippen molar-refractivity contribution in [2.45, 2.75) is 32.2 Å². The third-order valence-corrected chi connectivity index (χ3v) is 5.54. The van der Waals surface area contributed by atoms with E-state index in [0.717, 1.165) is 29.1 Å². The lowest BCUT2D eigenvalue weighted by molar-refractivity contribution is -0.128. The number of rotatable bonds is 4. The molecule has 2 aromatic rings. The van der Waals surface area contributed by atoms with Gasteiger partial charge in [-0.15, -0.1) is 0 Å². The molecule has 1 saturated carbocycles. The summed E-state index contributed by atoms with van der Waals surface area (Å²) in [5.41, 5.74) is 1.69. The van der Waals surface area contributed by atoms with Gasteiger partial charge in [0.1, 0.15) is 0 Å². The first-order valence-electron chi connectivity index (χ1n) is 8.11. The smallest absolute Gasteiger partial charge is 0.231 e. The number of hydrogen-bond donors (Lipinski definition) is 1. The van der Waals surface area contributed by atoms with Crippen molar-refractivity contribution in [3.63, 3.8) is 0 Å². The van der Waals surface area contributed by atoms with Crippen molar-refractivity contribution in [3.05, 3.63) is 30.1 Å². The monoisotopic (exact) mass is 342 g/mol. The maximum atomic E-state index is 12.5. The van der Waals surface area contributed by atoms with E-state index in [1.807, 2.05) is 30.0 Å². The first-order valence-corrected chi connectivity index (χ1v) is 8.92. The van der Waals surface area contributed by atoms with E-state index >= 15 is 0 Å². The van der Waals surface area contributed by atoms with E-state index in [0.29, 0.717) is 24.1 Å². The number of thiazole rings is 1. The van der Waals surface area contributed by atoms with Gasteiger partial charge in [0.15, 0.2) is 5.13 Å². The molecule has 0 aromatic carbocycles. The number of amides is 2. The molecule has 3 heterocycles. The Morgan fingerprint density at radius 1 is 1.38 bits per heavy atom. The number of anilines is 1. The van der Waals surface area contributed by atoms with Crippen molar-refractivity contribution in [3.8, 4) is 10.6 Å². The molecule has 1 N–H and O–H groups in total. The average molecular weight is 342 g/mol. The third-order valence-electron chi connectivity index (χ3n) is 4.44. The molecule has 2 aromatic heterocycles. The summed E-state index contributed by atoms with van der Waals surface area (Å²) in [6.45, 7) is 2.44. The number of nitrogens with one attached hydrogen (secondary N) is 1. The first kappa shape index (κ1) is 15.3. The van der Waals surface area contributed by atoms with Gasteiger partial charge in [-0.2, -0.15) is 0 Å². The zero-order valence-electron chi connectivity index (χ0n) is 13.4. The van der Waals surface area contributed by atoms with Crippen molar-refractivity contribution in [2.24, 2.45) is 5.92 Å². The number of likely N-dealkylation sites (tertiary alicyclic amines) is 1. The summed E-state index contributed by atoms with van der Waals surface area (Å²) < 4.78 is 0. The normalized spacial score (nSPS) is 20.5. The van der Waals surface area contributed by atoms with Gasteiger partial charge in [-0.1, -0.05) is 17.4 Å². The van der Waals surface area contributed by atoms with Crippen molar-refractivity contribution in [1.82, 2.24) is 14.9 Å². The van der Waals surface area contributed by atoms with Crippen molar-refractivity contribution in [1.29, 1.82) is 0 Å². The Morgan fingerprint density at radius 3 is 2.92 bits per heavy atom. The van der Waals surface area contributed by atoms with Crippen molar-refractivity contribution < 1.29 is 9.59 Å². The second kappa shape index (κ2) is 5.98. The fourth-order valence-electron chi connectivity index (χ4n) is 3.04. The maximum absolute atomic E-state index is 12.5. The highest BCUT2D eigenvalue weighted by Gasteiger charge is 2.41. The molecule has 124 valence electrons. The minimum Gasteiger partial charge on any atom is -0.339 e. The topological polar surface area (TPSA) is 75.2 Å². The maximum Gasteiger partial charge on any atom is 0.231 e. The van der Waals surface area contributed by atoms with Crippen LogP contribution < -0.4 is 5.32 Å². The number of hydrogen-bond acceptors (Lipinski definition) is 5. The van der Waals surface area contributed by atoms with Gasteiger partial charge in [-0.05, 0) is 31.9 Å². The van der Waals surface area contributed by atoms with Crippen LogP contribution in [0.4, 0.5) is 5.13 Å². The van der Waals surface area contributed by atoms with Gasteiger partial charge < -0.3 is 10.2 Å². The molecular formula is C17H18N4O2S. The Balaban J connectivity index is 1.46. The van der Waals surface area contributed by atoms with Gasteiger partial charge >= 0.3 is 0 Å². The highest BCUT2D eigenvalue weighted by atomic mass is 32.1. The van der Waals surface area contributed by atoms with Gasteiger partial charge in [-0.25, -0.2) is 4.98 Å². The molecule has 1 saturated heterocycles. The van der Waals surface area contributed by atoms with E-state index in [4.69, 9.17) is 0 Å². The number of carbonyl (C=O) groups excluding carboxylic acids is 2. The Kier molecular flexibility index (Phi) is 3.80. The van der Waals surface area contributed by atoms with Gasteiger partial charge in [-0.3, -0.25) is 14.6 Å². The van der Waals surface area contributed by atoms with Crippen LogP contribution in [0.2, 0.25) is 0 Å². The number of carbonyl (C=O) groups is 2. The molecule has 2 fully saturated rings. The summed E-state index contributed by atoms with van der Waals surface area (Å²) in [6.07, 6.45) is 4.18. The highest BCUT2D eigenvalue weighted by molar-refractivity contribution is 7.19. The van der Waals surface area contributed by atoms with Crippen LogP contribution in [0.15, 0.2) is 24.4 Å². The van der Waals surface area contributed by atoms with Crippen LogP contribution in [0.1, 0.15) is 25.0 Å². The zero-order chi connectivity index (χ0) is 16.7. The van der Waals surface area contributed by atoms with Crippen LogP contribution >= 0.6 is 11.3 Å². The second-order valence-corrected chi connectivity index (χ2v) is 7.32. The van der Waals surface area contributed by atoms with E-state index in [1.54, 1.807) is 6.20 Å². The molecule has 1 atom stereocenters. The van der Waals surface area contributed by atoms with E-state index in [9.17, 15) is 9.59 Å². The molecule has 7 heteroatoms. The highest BCUT2D eigenvalue weighted by Crippen LogP contribution is 2.34. The lowest BCUT2D eigenvalue weighted by Gasteiger charge is -2.14. The number of aryl methyl sites for hydroxylation is 1. The molecule has 6 nitrogen and oxygen atoms in total. The fourth-order valence-corrected chi connectivity index (χ4v) is 3.98. The lowest BCUT2D eigenvalue weighted by Crippen LogP contribution is -2.29. The number of pyridine rings is 1. The van der Waals surface area contributed by atoms with Crippen molar-refractivity contribution in [2.75, 3.05) is 11.9 Å². The first-order chi connectivity index (χ1) is 11.6. The van der Waals surface area contributed by atoms with E-state index < -0.39 is 0 Å². The Bertz CT molecular complexity index is 785. The van der Waals surface area contributed by atoms with Gasteiger partial charge in [0.25, 0.3) is 0 Å². The Labute approximate surface area is 143 Å². The van der Waals surface area contributed by atoms with E-state index in [1.165, 1.54) is 11.3 Å². The molecule has 24 heavy (non-hydrogen) atoms. The molecule has 0 bridgehead atoms. The molecule has 0 unspecified atom stereocenters. The standard InChI is InChI=1S/C17H18N4O2S/c1-10-15(13-4-2-3-7-18-13)24-17(19-10)20-16(23)11-8-14(22)21(9-11)12-5-6-12/h2-4,7,11-12H,5-6,8-9H2,1H3,(H,19,20,23)/t11-/m1/s1. The lowest BCUT2D eigenvalue weighted by atomic mass is 10.1. The van der Waals surface area contributed by atoms with E-state index in [-0.39, 0.29) is 17.7 Å². The third kappa shape index (κ3) is 2.91.